The summed E-state index contributed by atoms with van der Waals surface area (Å²) in [6, 6.07) is 13.2. The molecule has 3 rings (SSSR count). The number of hydrogen-bond donors (Lipinski definition) is 4. The number of aliphatic carboxylic acids is 1. The second-order valence-electron chi connectivity index (χ2n) is 5.89. The number of nitrogens with zero attached hydrogens (tertiary/aromatic N) is 2. The van der Waals surface area contributed by atoms with Crippen LogP contribution in [0.2, 0.25) is 0 Å². The summed E-state index contributed by atoms with van der Waals surface area (Å²) in [5.74, 6) is -0.533. The molecule has 152 valence electrons. The van der Waals surface area contributed by atoms with E-state index < -0.39 is 17.0 Å². The predicted molar refractivity (Wildman–Crippen MR) is 114 cm³/mol. The number of benzene rings is 2. The van der Waals surface area contributed by atoms with Crippen LogP contribution in [0.1, 0.15) is 0 Å². The number of hydrogen-bond acceptors (Lipinski definition) is 7. The van der Waals surface area contributed by atoms with E-state index in [4.69, 9.17) is 9.94 Å². The highest BCUT2D eigenvalue weighted by atomic mass is 32.2. The number of anilines is 2. The van der Waals surface area contributed by atoms with E-state index >= 15 is 0 Å². The standard InChI is InChI=1S/C18H19N5O4S2/c1-27-22-15-8-12(11-3-5-14(6-4-11)23-29(2)26)7-13(9-15)17-19-18(21-20-17)28-10-16(24)25/h3-9,22-23H,10H2,1-2H3,(H,24,25)(H,19,20,21). The third-order valence-electron chi connectivity index (χ3n) is 3.70. The zero-order chi connectivity index (χ0) is 20.8. The Morgan fingerprint density at radius 2 is 1.90 bits per heavy atom. The number of aromatic amines is 1. The molecule has 29 heavy (non-hydrogen) atoms. The molecule has 0 aliphatic heterocycles. The lowest BCUT2D eigenvalue weighted by Crippen LogP contribution is -2.00. The van der Waals surface area contributed by atoms with E-state index in [0.29, 0.717) is 16.7 Å². The van der Waals surface area contributed by atoms with Crippen LogP contribution in [0.3, 0.4) is 0 Å². The molecule has 9 nitrogen and oxygen atoms in total. The Morgan fingerprint density at radius 1 is 1.17 bits per heavy atom. The minimum absolute atomic E-state index is 0.114. The molecule has 1 atom stereocenters. The molecule has 0 fully saturated rings. The molecule has 0 saturated heterocycles. The quantitative estimate of drug-likeness (QED) is 0.299. The fraction of sp³-hybridized carbons (Fsp3) is 0.167. The third-order valence-corrected chi connectivity index (χ3v) is 5.05. The monoisotopic (exact) mass is 433 g/mol. The van der Waals surface area contributed by atoms with Crippen molar-refractivity contribution in [2.24, 2.45) is 0 Å². The zero-order valence-electron chi connectivity index (χ0n) is 15.6. The van der Waals surface area contributed by atoms with Gasteiger partial charge in [0, 0.05) is 17.5 Å². The summed E-state index contributed by atoms with van der Waals surface area (Å²) in [6.45, 7) is 0. The smallest absolute Gasteiger partial charge is 0.313 e. The molecular weight excluding hydrogens is 414 g/mol. The van der Waals surface area contributed by atoms with E-state index in [1.165, 1.54) is 7.11 Å². The van der Waals surface area contributed by atoms with Gasteiger partial charge >= 0.3 is 5.97 Å². The van der Waals surface area contributed by atoms with Crippen LogP contribution in [-0.4, -0.2) is 49.6 Å². The Labute approximate surface area is 173 Å². The fourth-order valence-electron chi connectivity index (χ4n) is 2.57. The normalized spacial score (nSPS) is 11.8. The molecule has 1 aromatic heterocycles. The van der Waals surface area contributed by atoms with Gasteiger partial charge < -0.3 is 9.83 Å². The molecule has 2 aromatic carbocycles. The molecule has 0 spiro atoms. The molecule has 0 amide bonds. The van der Waals surface area contributed by atoms with Gasteiger partial charge in [0.25, 0.3) is 0 Å². The van der Waals surface area contributed by atoms with Crippen LogP contribution >= 0.6 is 11.8 Å². The lowest BCUT2D eigenvalue weighted by molar-refractivity contribution is -0.133. The SMILES string of the molecule is CONc1cc(-c2ccc(NS(C)=O)cc2)cc(-c2nc(SCC(=O)O)n[nH]2)c1. The first kappa shape index (κ1) is 20.8. The fourth-order valence-corrected chi connectivity index (χ4v) is 3.56. The van der Waals surface area contributed by atoms with Crippen molar-refractivity contribution in [3.63, 3.8) is 0 Å². The Morgan fingerprint density at radius 3 is 2.55 bits per heavy atom. The summed E-state index contributed by atoms with van der Waals surface area (Å²) in [6.07, 6.45) is 1.57. The topological polar surface area (TPSA) is 129 Å². The van der Waals surface area contributed by atoms with Gasteiger partial charge in [0.1, 0.15) is 11.0 Å². The van der Waals surface area contributed by atoms with Crippen molar-refractivity contribution in [1.29, 1.82) is 0 Å². The molecule has 0 aliphatic rings. The third kappa shape index (κ3) is 5.79. The molecule has 1 heterocycles. The molecule has 3 aromatic rings. The zero-order valence-corrected chi connectivity index (χ0v) is 17.3. The van der Waals surface area contributed by atoms with Crippen LogP contribution in [0.5, 0.6) is 0 Å². The molecule has 1 unspecified atom stereocenters. The van der Waals surface area contributed by atoms with Gasteiger partial charge in [-0.3, -0.25) is 20.2 Å². The number of carboxylic acid groups (broad SMARTS) is 1. The highest BCUT2D eigenvalue weighted by Crippen LogP contribution is 2.30. The maximum absolute atomic E-state index is 11.3. The average Bonchev–Trinajstić information content (AvgIpc) is 3.16. The van der Waals surface area contributed by atoms with E-state index in [2.05, 4.69) is 25.4 Å². The maximum Gasteiger partial charge on any atom is 0.313 e. The molecule has 0 saturated carbocycles. The minimum atomic E-state index is -1.14. The highest BCUT2D eigenvalue weighted by molar-refractivity contribution is 7.99. The second kappa shape index (κ2) is 9.54. The molecule has 0 aliphatic carbocycles. The second-order valence-corrected chi connectivity index (χ2v) is 7.94. The van der Waals surface area contributed by atoms with Gasteiger partial charge in [0.15, 0.2) is 5.82 Å². The van der Waals surface area contributed by atoms with Gasteiger partial charge in [-0.05, 0) is 41.5 Å². The highest BCUT2D eigenvalue weighted by Gasteiger charge is 2.11. The Bertz CT molecular complexity index is 1020. The minimum Gasteiger partial charge on any atom is -0.481 e. The van der Waals surface area contributed by atoms with Crippen molar-refractivity contribution in [3.8, 4) is 22.5 Å². The first-order chi connectivity index (χ1) is 13.9. The van der Waals surface area contributed by atoms with E-state index in [-0.39, 0.29) is 5.75 Å². The number of thioether (sulfide) groups is 1. The van der Waals surface area contributed by atoms with Gasteiger partial charge in [0.2, 0.25) is 5.16 Å². The van der Waals surface area contributed by atoms with E-state index in [9.17, 15) is 9.00 Å². The lowest BCUT2D eigenvalue weighted by Gasteiger charge is -2.10. The van der Waals surface area contributed by atoms with Crippen LogP contribution in [0.15, 0.2) is 47.6 Å². The number of carbonyl (C=O) groups is 1. The van der Waals surface area contributed by atoms with Gasteiger partial charge in [0.05, 0.1) is 18.6 Å². The molecule has 0 radical (unpaired) electrons. The van der Waals surface area contributed by atoms with E-state index in [0.717, 1.165) is 34.1 Å². The molecular formula is C18H19N5O4S2. The van der Waals surface area contributed by atoms with E-state index in [1.54, 1.807) is 6.26 Å². The number of H-pyrrole nitrogens is 1. The summed E-state index contributed by atoms with van der Waals surface area (Å²) in [5.41, 5.74) is 6.90. The van der Waals surface area contributed by atoms with Gasteiger partial charge in [-0.1, -0.05) is 23.9 Å². The van der Waals surface area contributed by atoms with Gasteiger partial charge in [-0.25, -0.2) is 9.19 Å². The van der Waals surface area contributed by atoms with Crippen molar-refractivity contribution in [1.82, 2.24) is 15.2 Å². The Balaban J connectivity index is 1.92. The summed E-state index contributed by atoms with van der Waals surface area (Å²) >= 11 is 1.04. The molecule has 4 N–H and O–H groups in total. The predicted octanol–water partition coefficient (Wildman–Crippen LogP) is 2.99. The van der Waals surface area contributed by atoms with Crippen LogP contribution in [0, 0.1) is 0 Å². The van der Waals surface area contributed by atoms with Crippen molar-refractivity contribution in [2.75, 3.05) is 29.3 Å². The van der Waals surface area contributed by atoms with Crippen molar-refractivity contribution in [2.45, 2.75) is 5.16 Å². The first-order valence-corrected chi connectivity index (χ1v) is 10.9. The summed E-state index contributed by atoms with van der Waals surface area (Å²) in [7, 11) is 0.381. The number of nitrogens with one attached hydrogen (secondary N) is 3. The number of aromatic nitrogens is 3. The van der Waals surface area contributed by atoms with E-state index in [1.807, 2.05) is 42.5 Å². The molecule has 0 bridgehead atoms. The Hall–Kier alpha value is -2.89. The average molecular weight is 434 g/mol. The molecule has 11 heteroatoms. The lowest BCUT2D eigenvalue weighted by atomic mass is 10.0. The Kier molecular flexibility index (Phi) is 6.86. The van der Waals surface area contributed by atoms with Gasteiger partial charge in [-0.15, -0.1) is 5.10 Å². The van der Waals surface area contributed by atoms with Crippen LogP contribution < -0.4 is 10.2 Å². The van der Waals surface area contributed by atoms with Crippen molar-refractivity contribution < 1.29 is 18.9 Å². The summed E-state index contributed by atoms with van der Waals surface area (Å²) in [4.78, 5) is 20.1. The number of carboxylic acids is 1. The summed E-state index contributed by atoms with van der Waals surface area (Å²) in [5, 5.41) is 16.0. The maximum atomic E-state index is 11.3. The van der Waals surface area contributed by atoms with Crippen LogP contribution in [0.4, 0.5) is 11.4 Å². The first-order valence-electron chi connectivity index (χ1n) is 8.36. The van der Waals surface area contributed by atoms with Crippen molar-refractivity contribution in [3.05, 3.63) is 42.5 Å². The van der Waals surface area contributed by atoms with Crippen LogP contribution in [-0.2, 0) is 20.6 Å². The number of rotatable bonds is 9. The van der Waals surface area contributed by atoms with Crippen LogP contribution in [0.25, 0.3) is 22.5 Å². The van der Waals surface area contributed by atoms with Crippen molar-refractivity contribution >= 4 is 40.1 Å². The van der Waals surface area contributed by atoms with Gasteiger partial charge in [-0.2, -0.15) is 0 Å². The largest absolute Gasteiger partial charge is 0.481 e. The summed E-state index contributed by atoms with van der Waals surface area (Å²) < 4.78 is 14.1.